The first-order valence-corrected chi connectivity index (χ1v) is 8.69. The number of nitrogens with zero attached hydrogens (tertiary/aromatic N) is 2. The van der Waals surface area contributed by atoms with E-state index in [-0.39, 0.29) is 5.91 Å². The average Bonchev–Trinajstić information content (AvgIpc) is 3.00. The maximum absolute atomic E-state index is 11.9. The van der Waals surface area contributed by atoms with Crippen molar-refractivity contribution in [2.24, 2.45) is 0 Å². The van der Waals surface area contributed by atoms with Gasteiger partial charge in [0.15, 0.2) is 11.5 Å². The normalized spacial score (nSPS) is 10.7. The zero-order valence-electron chi connectivity index (χ0n) is 12.7. The monoisotopic (exact) mass is 397 g/mol. The topological polar surface area (TPSA) is 73.3 Å². The zero-order chi connectivity index (χ0) is 16.7. The molecule has 0 unspecified atom stereocenters. The van der Waals surface area contributed by atoms with Gasteiger partial charge in [-0.05, 0) is 23.8 Å². The minimum atomic E-state index is -0.263. The van der Waals surface area contributed by atoms with E-state index in [1.807, 2.05) is 6.07 Å². The largest absolute Gasteiger partial charge is 0.493 e. The lowest BCUT2D eigenvalue weighted by molar-refractivity contribution is -0.111. The van der Waals surface area contributed by atoms with Crippen molar-refractivity contribution >= 4 is 44.4 Å². The predicted molar refractivity (Wildman–Crippen MR) is 94.6 cm³/mol. The summed E-state index contributed by atoms with van der Waals surface area (Å²) in [4.78, 5) is 11.9. The van der Waals surface area contributed by atoms with Crippen molar-refractivity contribution in [3.05, 3.63) is 34.8 Å². The Bertz CT molecular complexity index is 703. The fourth-order valence-corrected chi connectivity index (χ4v) is 3.14. The Balaban J connectivity index is 2.00. The Kier molecular flexibility index (Phi) is 6.54. The number of nitrogens with one attached hydrogen (secondary N) is 1. The van der Waals surface area contributed by atoms with Gasteiger partial charge < -0.3 is 9.47 Å². The minimum Gasteiger partial charge on any atom is -0.493 e. The number of ether oxygens (including phenoxy) is 2. The summed E-state index contributed by atoms with van der Waals surface area (Å²) in [7, 11) is 3.14. The second kappa shape index (κ2) is 8.64. The molecule has 23 heavy (non-hydrogen) atoms. The summed E-state index contributed by atoms with van der Waals surface area (Å²) in [6, 6.07) is 5.42. The maximum Gasteiger partial charge on any atom is 0.250 e. The van der Waals surface area contributed by atoms with E-state index in [2.05, 4.69) is 31.4 Å². The van der Waals surface area contributed by atoms with Crippen LogP contribution in [0.2, 0.25) is 0 Å². The summed E-state index contributed by atoms with van der Waals surface area (Å²) >= 11 is 4.70. The quantitative estimate of drug-likeness (QED) is 0.573. The number of carbonyl (C=O) groups excluding carboxylic acids is 1. The highest BCUT2D eigenvalue weighted by atomic mass is 79.9. The van der Waals surface area contributed by atoms with Crippen LogP contribution in [0.25, 0.3) is 6.08 Å². The van der Waals surface area contributed by atoms with E-state index in [1.54, 1.807) is 32.4 Å². The van der Waals surface area contributed by atoms with Crippen molar-refractivity contribution in [1.82, 2.24) is 10.2 Å². The number of carbonyl (C=O) groups is 1. The van der Waals surface area contributed by atoms with E-state index in [0.717, 1.165) is 22.3 Å². The molecule has 0 saturated carbocycles. The molecule has 0 radical (unpaired) electrons. The first-order valence-electron chi connectivity index (χ1n) is 6.75. The molecule has 2 rings (SSSR count). The molecule has 0 aliphatic rings. The van der Waals surface area contributed by atoms with Gasteiger partial charge in [-0.2, -0.15) is 0 Å². The second-order valence-electron chi connectivity index (χ2n) is 4.38. The lowest BCUT2D eigenvalue weighted by atomic mass is 10.2. The zero-order valence-corrected chi connectivity index (χ0v) is 15.1. The molecule has 0 fully saturated rings. The molecule has 1 aromatic heterocycles. The SMILES string of the molecule is COc1ccc(/C=C/C(=O)Nc2nnc(CCBr)s2)cc1OC. The Morgan fingerprint density at radius 3 is 2.78 bits per heavy atom. The number of hydrogen-bond donors (Lipinski definition) is 1. The molecular formula is C15H16BrN3O3S. The number of aromatic nitrogens is 2. The van der Waals surface area contributed by atoms with Gasteiger partial charge in [-0.25, -0.2) is 0 Å². The number of halogens is 1. The third kappa shape index (κ3) is 5.04. The van der Waals surface area contributed by atoms with Gasteiger partial charge in [-0.1, -0.05) is 33.3 Å². The molecule has 0 aliphatic carbocycles. The molecule has 1 aromatic carbocycles. The van der Waals surface area contributed by atoms with Gasteiger partial charge in [0.05, 0.1) is 14.2 Å². The minimum absolute atomic E-state index is 0.263. The van der Waals surface area contributed by atoms with Crippen LogP contribution in [0.15, 0.2) is 24.3 Å². The summed E-state index contributed by atoms with van der Waals surface area (Å²) < 4.78 is 10.4. The van der Waals surface area contributed by atoms with Gasteiger partial charge in [-0.3, -0.25) is 10.1 Å². The van der Waals surface area contributed by atoms with E-state index in [4.69, 9.17) is 9.47 Å². The molecule has 8 heteroatoms. The number of benzene rings is 1. The lowest BCUT2D eigenvalue weighted by Gasteiger charge is -2.07. The van der Waals surface area contributed by atoms with Crippen molar-refractivity contribution in [2.45, 2.75) is 6.42 Å². The molecule has 0 bridgehead atoms. The van der Waals surface area contributed by atoms with Crippen molar-refractivity contribution in [1.29, 1.82) is 0 Å². The van der Waals surface area contributed by atoms with Crippen molar-refractivity contribution in [3.63, 3.8) is 0 Å². The number of methoxy groups -OCH3 is 2. The number of amides is 1. The van der Waals surface area contributed by atoms with E-state index >= 15 is 0 Å². The first kappa shape index (κ1) is 17.4. The summed E-state index contributed by atoms with van der Waals surface area (Å²) in [5.74, 6) is 0.988. The van der Waals surface area contributed by atoms with Crippen LogP contribution in [-0.4, -0.2) is 35.7 Å². The maximum atomic E-state index is 11.9. The molecule has 2 aromatic rings. The molecule has 1 N–H and O–H groups in total. The van der Waals surface area contributed by atoms with Crippen molar-refractivity contribution < 1.29 is 14.3 Å². The summed E-state index contributed by atoms with van der Waals surface area (Å²) in [6.07, 6.45) is 3.92. The molecule has 122 valence electrons. The van der Waals surface area contributed by atoms with Crippen LogP contribution in [0.3, 0.4) is 0 Å². The number of alkyl halides is 1. The summed E-state index contributed by atoms with van der Waals surface area (Å²) in [5, 5.41) is 12.8. The molecule has 0 spiro atoms. The van der Waals surface area contributed by atoms with E-state index in [0.29, 0.717) is 16.6 Å². The molecule has 6 nitrogen and oxygen atoms in total. The Labute approximate surface area is 146 Å². The fraction of sp³-hybridized carbons (Fsp3) is 0.267. The van der Waals surface area contributed by atoms with Crippen LogP contribution in [0.5, 0.6) is 11.5 Å². The van der Waals surface area contributed by atoms with E-state index in [1.165, 1.54) is 17.4 Å². The first-order chi connectivity index (χ1) is 11.2. The highest BCUT2D eigenvalue weighted by molar-refractivity contribution is 9.09. The molecule has 1 heterocycles. The van der Waals surface area contributed by atoms with Crippen LogP contribution >= 0.6 is 27.3 Å². The smallest absolute Gasteiger partial charge is 0.250 e. The van der Waals surface area contributed by atoms with Crippen molar-refractivity contribution in [2.75, 3.05) is 24.9 Å². The fourth-order valence-electron chi connectivity index (χ4n) is 1.76. The number of aryl methyl sites for hydroxylation is 1. The number of hydrogen-bond acceptors (Lipinski definition) is 6. The van der Waals surface area contributed by atoms with Crippen LogP contribution in [0.4, 0.5) is 5.13 Å². The molecule has 0 saturated heterocycles. The number of rotatable bonds is 7. The molecule has 1 amide bonds. The third-order valence-electron chi connectivity index (χ3n) is 2.84. The van der Waals surface area contributed by atoms with Crippen LogP contribution in [-0.2, 0) is 11.2 Å². The Morgan fingerprint density at radius 2 is 2.09 bits per heavy atom. The van der Waals surface area contributed by atoms with Crippen LogP contribution in [0, 0.1) is 0 Å². The average molecular weight is 398 g/mol. The highest BCUT2D eigenvalue weighted by Gasteiger charge is 2.06. The molecular weight excluding hydrogens is 382 g/mol. The van der Waals surface area contributed by atoms with Gasteiger partial charge in [-0.15, -0.1) is 10.2 Å². The lowest BCUT2D eigenvalue weighted by Crippen LogP contribution is -2.07. The predicted octanol–water partition coefficient (Wildman–Crippen LogP) is 3.14. The van der Waals surface area contributed by atoms with E-state index < -0.39 is 0 Å². The van der Waals surface area contributed by atoms with Gasteiger partial charge in [0.2, 0.25) is 11.0 Å². The van der Waals surface area contributed by atoms with Crippen LogP contribution in [0.1, 0.15) is 10.6 Å². The van der Waals surface area contributed by atoms with Gasteiger partial charge in [0, 0.05) is 17.8 Å². The summed E-state index contributed by atoms with van der Waals surface area (Å²) in [6.45, 7) is 0. The van der Waals surface area contributed by atoms with Crippen LogP contribution < -0.4 is 14.8 Å². The summed E-state index contributed by atoms with van der Waals surface area (Å²) in [5.41, 5.74) is 0.829. The molecule has 0 aliphatic heterocycles. The van der Waals surface area contributed by atoms with Gasteiger partial charge in [0.1, 0.15) is 5.01 Å². The number of anilines is 1. The van der Waals surface area contributed by atoms with E-state index in [9.17, 15) is 4.79 Å². The molecule has 0 atom stereocenters. The Hall–Kier alpha value is -1.93. The second-order valence-corrected chi connectivity index (χ2v) is 6.23. The standard InChI is InChI=1S/C15H16BrN3O3S/c1-21-11-5-3-10(9-12(11)22-2)4-6-13(20)17-15-19-18-14(23-15)7-8-16/h3-6,9H,7-8H2,1-2H3,(H,17,19,20)/b6-4+. The van der Waals surface area contributed by atoms with Crippen molar-refractivity contribution in [3.8, 4) is 11.5 Å². The van der Waals surface area contributed by atoms with Gasteiger partial charge in [0.25, 0.3) is 0 Å². The highest BCUT2D eigenvalue weighted by Crippen LogP contribution is 2.28. The Morgan fingerprint density at radius 1 is 1.30 bits per heavy atom. The third-order valence-corrected chi connectivity index (χ3v) is 4.14. The van der Waals surface area contributed by atoms with Gasteiger partial charge >= 0.3 is 0 Å².